The van der Waals surface area contributed by atoms with E-state index in [4.69, 9.17) is 21.9 Å². The minimum absolute atomic E-state index is 0.444. The third-order valence-corrected chi connectivity index (χ3v) is 2.23. The summed E-state index contributed by atoms with van der Waals surface area (Å²) in [6, 6.07) is 7.60. The Labute approximate surface area is 86.5 Å². The topological polar surface area (TPSA) is 52.0 Å². The number of nitrogen functional groups attached to an aromatic ring is 1. The smallest absolute Gasteiger partial charge is 0.170 e. The summed E-state index contributed by atoms with van der Waals surface area (Å²) in [5.74, 6) is 0.444. The molecule has 0 spiro atoms. The van der Waals surface area contributed by atoms with Crippen LogP contribution in [-0.4, -0.2) is 5.16 Å². The van der Waals surface area contributed by atoms with Crippen molar-refractivity contribution in [2.24, 2.45) is 0 Å². The van der Waals surface area contributed by atoms with Crippen molar-refractivity contribution >= 4 is 17.4 Å². The summed E-state index contributed by atoms with van der Waals surface area (Å²) in [4.78, 5) is 0. The van der Waals surface area contributed by atoms with E-state index in [0.717, 1.165) is 16.1 Å². The Morgan fingerprint density at radius 1 is 1.29 bits per heavy atom. The molecule has 0 atom stereocenters. The van der Waals surface area contributed by atoms with Crippen LogP contribution in [-0.2, 0) is 6.42 Å². The van der Waals surface area contributed by atoms with E-state index in [-0.39, 0.29) is 0 Å². The number of nitrogens with zero attached hydrogens (tertiary/aromatic N) is 1. The fraction of sp³-hybridized carbons (Fsp3) is 0.100. The minimum atomic E-state index is 0.444. The highest BCUT2D eigenvalue weighted by atomic mass is 35.5. The molecule has 3 nitrogen and oxygen atoms in total. The Morgan fingerprint density at radius 2 is 2.00 bits per heavy atom. The number of anilines is 1. The van der Waals surface area contributed by atoms with Crippen molar-refractivity contribution in [2.45, 2.75) is 6.42 Å². The highest BCUT2D eigenvalue weighted by molar-refractivity contribution is 6.30. The van der Waals surface area contributed by atoms with Crippen LogP contribution >= 0.6 is 11.6 Å². The minimum Gasteiger partial charge on any atom is -0.381 e. The average Bonchev–Trinajstić information content (AvgIpc) is 2.56. The molecule has 0 radical (unpaired) electrons. The summed E-state index contributed by atoms with van der Waals surface area (Å²) in [5, 5.41) is 4.34. The van der Waals surface area contributed by atoms with Gasteiger partial charge in [0.2, 0.25) is 0 Å². The molecule has 0 saturated heterocycles. The van der Waals surface area contributed by atoms with Crippen LogP contribution in [0.15, 0.2) is 35.1 Å². The molecule has 0 fully saturated rings. The Kier molecular flexibility index (Phi) is 2.41. The monoisotopic (exact) mass is 208 g/mol. The maximum atomic E-state index is 5.77. The van der Waals surface area contributed by atoms with Crippen molar-refractivity contribution in [2.75, 3.05) is 5.73 Å². The quantitative estimate of drug-likeness (QED) is 0.825. The van der Waals surface area contributed by atoms with Gasteiger partial charge in [-0.15, -0.1) is 0 Å². The lowest BCUT2D eigenvalue weighted by molar-refractivity contribution is 0.422. The molecule has 14 heavy (non-hydrogen) atoms. The van der Waals surface area contributed by atoms with Crippen molar-refractivity contribution < 1.29 is 4.52 Å². The maximum absolute atomic E-state index is 5.77. The fourth-order valence-corrected chi connectivity index (χ4v) is 1.35. The molecule has 72 valence electrons. The summed E-state index contributed by atoms with van der Waals surface area (Å²) < 4.78 is 4.74. The zero-order valence-electron chi connectivity index (χ0n) is 7.40. The summed E-state index contributed by atoms with van der Waals surface area (Å²) in [6.45, 7) is 0. The first-order valence-electron chi connectivity index (χ1n) is 4.19. The van der Waals surface area contributed by atoms with Crippen LogP contribution in [0.25, 0.3) is 0 Å². The summed E-state index contributed by atoms with van der Waals surface area (Å²) in [6.07, 6.45) is 2.27. The van der Waals surface area contributed by atoms with Gasteiger partial charge in [-0.2, -0.15) is 0 Å². The molecular weight excluding hydrogens is 200 g/mol. The predicted molar refractivity (Wildman–Crippen MR) is 55.2 cm³/mol. The molecule has 0 saturated carbocycles. The Morgan fingerprint density at radius 3 is 2.57 bits per heavy atom. The zero-order valence-corrected chi connectivity index (χ0v) is 8.16. The van der Waals surface area contributed by atoms with Crippen LogP contribution in [0.2, 0.25) is 5.02 Å². The van der Waals surface area contributed by atoms with Crippen molar-refractivity contribution in [1.29, 1.82) is 0 Å². The molecule has 0 unspecified atom stereocenters. The van der Waals surface area contributed by atoms with E-state index in [1.165, 1.54) is 0 Å². The fourth-order valence-electron chi connectivity index (χ4n) is 1.22. The number of benzene rings is 1. The summed E-state index contributed by atoms with van der Waals surface area (Å²) in [5.41, 5.74) is 7.61. The van der Waals surface area contributed by atoms with E-state index in [0.29, 0.717) is 12.2 Å². The molecule has 1 aromatic carbocycles. The van der Waals surface area contributed by atoms with E-state index < -0.39 is 0 Å². The molecular formula is C10H9ClN2O. The van der Waals surface area contributed by atoms with Crippen LogP contribution < -0.4 is 5.73 Å². The molecule has 2 rings (SSSR count). The Bertz CT molecular complexity index is 422. The van der Waals surface area contributed by atoms with Gasteiger partial charge in [0.25, 0.3) is 0 Å². The number of nitrogens with two attached hydrogens (primary N) is 1. The molecule has 4 heteroatoms. The Balaban J connectivity index is 2.19. The first kappa shape index (κ1) is 9.09. The van der Waals surface area contributed by atoms with Gasteiger partial charge in [0.1, 0.15) is 6.26 Å². The molecule has 0 aliphatic heterocycles. The molecule has 1 heterocycles. The van der Waals surface area contributed by atoms with Gasteiger partial charge in [-0.25, -0.2) is 0 Å². The first-order valence-corrected chi connectivity index (χ1v) is 4.56. The highest BCUT2D eigenvalue weighted by Gasteiger charge is 2.04. The number of hydrogen-bond acceptors (Lipinski definition) is 3. The van der Waals surface area contributed by atoms with Crippen molar-refractivity contribution in [3.63, 3.8) is 0 Å². The lowest BCUT2D eigenvalue weighted by Gasteiger charge is -1.98. The van der Waals surface area contributed by atoms with Crippen LogP contribution in [0.5, 0.6) is 0 Å². The van der Waals surface area contributed by atoms with Crippen molar-refractivity contribution in [3.8, 4) is 0 Å². The molecule has 0 amide bonds. The second-order valence-corrected chi connectivity index (χ2v) is 3.46. The molecule has 0 aliphatic carbocycles. The average molecular weight is 209 g/mol. The van der Waals surface area contributed by atoms with Gasteiger partial charge in [-0.05, 0) is 17.7 Å². The second kappa shape index (κ2) is 3.72. The third-order valence-electron chi connectivity index (χ3n) is 1.98. The van der Waals surface area contributed by atoms with E-state index in [9.17, 15) is 0 Å². The molecule has 2 aromatic rings. The van der Waals surface area contributed by atoms with Crippen LogP contribution in [0, 0.1) is 0 Å². The number of halogens is 1. The standard InChI is InChI=1S/C10H9ClN2O/c11-9-3-1-7(2-4-9)5-8-6-14-13-10(8)12/h1-4,6H,5H2,(H2,12,13). The van der Waals surface area contributed by atoms with E-state index in [1.807, 2.05) is 24.3 Å². The van der Waals surface area contributed by atoms with E-state index in [2.05, 4.69) is 5.16 Å². The highest BCUT2D eigenvalue weighted by Crippen LogP contribution is 2.16. The normalized spacial score (nSPS) is 10.4. The number of hydrogen-bond donors (Lipinski definition) is 1. The van der Waals surface area contributed by atoms with Gasteiger partial charge in [0.05, 0.1) is 0 Å². The zero-order chi connectivity index (χ0) is 9.97. The van der Waals surface area contributed by atoms with Gasteiger partial charge in [0.15, 0.2) is 5.82 Å². The lowest BCUT2D eigenvalue weighted by Crippen LogP contribution is -1.92. The summed E-state index contributed by atoms with van der Waals surface area (Å²) >= 11 is 5.77. The van der Waals surface area contributed by atoms with Gasteiger partial charge in [0, 0.05) is 17.0 Å². The van der Waals surface area contributed by atoms with E-state index in [1.54, 1.807) is 6.26 Å². The number of rotatable bonds is 2. The SMILES string of the molecule is Nc1nocc1Cc1ccc(Cl)cc1. The van der Waals surface area contributed by atoms with Crippen molar-refractivity contribution in [3.05, 3.63) is 46.7 Å². The van der Waals surface area contributed by atoms with Crippen LogP contribution in [0.3, 0.4) is 0 Å². The summed E-state index contributed by atoms with van der Waals surface area (Å²) in [7, 11) is 0. The van der Waals surface area contributed by atoms with E-state index >= 15 is 0 Å². The van der Waals surface area contributed by atoms with Crippen LogP contribution in [0.1, 0.15) is 11.1 Å². The van der Waals surface area contributed by atoms with Crippen LogP contribution in [0.4, 0.5) is 5.82 Å². The maximum Gasteiger partial charge on any atom is 0.170 e. The van der Waals surface area contributed by atoms with Gasteiger partial charge in [-0.3, -0.25) is 0 Å². The second-order valence-electron chi connectivity index (χ2n) is 3.03. The lowest BCUT2D eigenvalue weighted by atomic mass is 10.1. The van der Waals surface area contributed by atoms with Gasteiger partial charge in [-0.1, -0.05) is 28.9 Å². The number of aromatic nitrogens is 1. The molecule has 1 aromatic heterocycles. The molecule has 0 bridgehead atoms. The first-order chi connectivity index (χ1) is 6.75. The van der Waals surface area contributed by atoms with Gasteiger partial charge < -0.3 is 10.3 Å². The third kappa shape index (κ3) is 1.88. The predicted octanol–water partition coefficient (Wildman–Crippen LogP) is 2.50. The largest absolute Gasteiger partial charge is 0.381 e. The molecule has 0 aliphatic rings. The van der Waals surface area contributed by atoms with Gasteiger partial charge >= 0.3 is 0 Å². The van der Waals surface area contributed by atoms with Crippen molar-refractivity contribution in [1.82, 2.24) is 5.16 Å². The molecule has 2 N–H and O–H groups in total. The Hall–Kier alpha value is -1.48.